The summed E-state index contributed by atoms with van der Waals surface area (Å²) in [6.07, 6.45) is 0.419. The monoisotopic (exact) mass is 376 g/mol. The van der Waals surface area contributed by atoms with Crippen LogP contribution in [0.5, 0.6) is 11.5 Å². The zero-order valence-electron chi connectivity index (χ0n) is 15.1. The van der Waals surface area contributed by atoms with Gasteiger partial charge >= 0.3 is 0 Å². The molecule has 0 fully saturated rings. The van der Waals surface area contributed by atoms with Crippen LogP contribution in [0.1, 0.15) is 33.2 Å². The lowest BCUT2D eigenvalue weighted by atomic mass is 10.0. The van der Waals surface area contributed by atoms with E-state index < -0.39 is 0 Å². The summed E-state index contributed by atoms with van der Waals surface area (Å²) in [5.74, 6) is 1.64. The standard InChI is InChI=1S/C23H20O3S/c1-16-7-9-17(10-8-16)20(24)14-23(27-19-5-3-2-4-6-19)18-11-12-21-22(13-18)26-15-25-21/h2-13,23H,14-15H2,1H3/t23-/m1/s1. The molecule has 1 atom stereocenters. The molecule has 4 rings (SSSR count). The molecule has 0 saturated heterocycles. The van der Waals surface area contributed by atoms with Crippen molar-refractivity contribution in [3.05, 3.63) is 89.5 Å². The Bertz CT molecular complexity index is 936. The van der Waals surface area contributed by atoms with Crippen molar-refractivity contribution in [2.75, 3.05) is 6.79 Å². The van der Waals surface area contributed by atoms with Crippen LogP contribution in [0.25, 0.3) is 0 Å². The normalized spacial score (nSPS) is 13.4. The van der Waals surface area contributed by atoms with E-state index in [9.17, 15) is 4.79 Å². The van der Waals surface area contributed by atoms with Crippen molar-refractivity contribution in [1.29, 1.82) is 0 Å². The van der Waals surface area contributed by atoms with Gasteiger partial charge in [0.2, 0.25) is 6.79 Å². The zero-order chi connectivity index (χ0) is 18.6. The van der Waals surface area contributed by atoms with Gasteiger partial charge in [0, 0.05) is 22.1 Å². The first-order chi connectivity index (χ1) is 13.2. The summed E-state index contributed by atoms with van der Waals surface area (Å²) in [6.45, 7) is 2.27. The first-order valence-electron chi connectivity index (χ1n) is 8.90. The number of ketones is 1. The molecule has 0 unspecified atom stereocenters. The number of aryl methyl sites for hydroxylation is 1. The molecule has 4 heteroatoms. The Morgan fingerprint density at radius 3 is 2.48 bits per heavy atom. The second-order valence-corrected chi connectivity index (χ2v) is 7.80. The van der Waals surface area contributed by atoms with E-state index in [2.05, 4.69) is 12.1 Å². The summed E-state index contributed by atoms with van der Waals surface area (Å²) in [5.41, 5.74) is 2.96. The second-order valence-electron chi connectivity index (χ2n) is 6.53. The van der Waals surface area contributed by atoms with Crippen molar-refractivity contribution < 1.29 is 14.3 Å². The molecule has 0 radical (unpaired) electrons. The average molecular weight is 376 g/mol. The smallest absolute Gasteiger partial charge is 0.231 e. The fourth-order valence-electron chi connectivity index (χ4n) is 3.03. The molecular weight excluding hydrogens is 356 g/mol. The van der Waals surface area contributed by atoms with Gasteiger partial charge in [0.15, 0.2) is 17.3 Å². The van der Waals surface area contributed by atoms with Crippen molar-refractivity contribution >= 4 is 17.5 Å². The number of fused-ring (bicyclic) bond motifs is 1. The predicted molar refractivity (Wildman–Crippen MR) is 108 cm³/mol. The van der Waals surface area contributed by atoms with Crippen molar-refractivity contribution in [3.63, 3.8) is 0 Å². The highest BCUT2D eigenvalue weighted by molar-refractivity contribution is 7.99. The van der Waals surface area contributed by atoms with Gasteiger partial charge in [-0.3, -0.25) is 4.79 Å². The van der Waals surface area contributed by atoms with E-state index in [0.29, 0.717) is 6.42 Å². The maximum absolute atomic E-state index is 12.9. The van der Waals surface area contributed by atoms with Crippen LogP contribution in [0.4, 0.5) is 0 Å². The lowest BCUT2D eigenvalue weighted by Gasteiger charge is -2.17. The quantitative estimate of drug-likeness (QED) is 0.400. The van der Waals surface area contributed by atoms with Crippen molar-refractivity contribution in [1.82, 2.24) is 0 Å². The fourth-order valence-corrected chi connectivity index (χ4v) is 4.19. The number of ether oxygens (including phenoxy) is 2. The van der Waals surface area contributed by atoms with Gasteiger partial charge in [0.25, 0.3) is 0 Å². The molecule has 0 aliphatic carbocycles. The molecule has 1 aliphatic heterocycles. The Morgan fingerprint density at radius 2 is 1.70 bits per heavy atom. The molecule has 0 spiro atoms. The van der Waals surface area contributed by atoms with Crippen LogP contribution in [-0.2, 0) is 0 Å². The summed E-state index contributed by atoms with van der Waals surface area (Å²) in [6, 6.07) is 23.9. The minimum Gasteiger partial charge on any atom is -0.454 e. The third-order valence-electron chi connectivity index (χ3n) is 4.53. The minimum atomic E-state index is -0.00398. The molecule has 3 aromatic rings. The first-order valence-corrected chi connectivity index (χ1v) is 9.78. The van der Waals surface area contributed by atoms with Crippen LogP contribution in [0.2, 0.25) is 0 Å². The molecule has 0 amide bonds. The number of hydrogen-bond donors (Lipinski definition) is 0. The van der Waals surface area contributed by atoms with E-state index in [0.717, 1.165) is 33.1 Å². The molecular formula is C23H20O3S. The van der Waals surface area contributed by atoms with E-state index in [4.69, 9.17) is 9.47 Å². The molecule has 0 bridgehead atoms. The summed E-state index contributed by atoms with van der Waals surface area (Å²) in [4.78, 5) is 14.0. The van der Waals surface area contributed by atoms with Gasteiger partial charge < -0.3 is 9.47 Å². The van der Waals surface area contributed by atoms with Gasteiger partial charge in [0.05, 0.1) is 0 Å². The number of benzene rings is 3. The Balaban J connectivity index is 1.61. The van der Waals surface area contributed by atoms with E-state index in [1.165, 1.54) is 0 Å². The highest BCUT2D eigenvalue weighted by Crippen LogP contribution is 2.42. The van der Waals surface area contributed by atoms with Crippen LogP contribution in [0.15, 0.2) is 77.7 Å². The molecule has 0 saturated carbocycles. The van der Waals surface area contributed by atoms with Crippen LogP contribution in [0, 0.1) is 6.92 Å². The van der Waals surface area contributed by atoms with Gasteiger partial charge in [0.1, 0.15) is 0 Å². The molecule has 1 aliphatic rings. The Kier molecular flexibility index (Phi) is 5.16. The van der Waals surface area contributed by atoms with Crippen LogP contribution in [0.3, 0.4) is 0 Å². The maximum Gasteiger partial charge on any atom is 0.231 e. The third kappa shape index (κ3) is 4.17. The Morgan fingerprint density at radius 1 is 0.963 bits per heavy atom. The third-order valence-corrected chi connectivity index (χ3v) is 5.80. The predicted octanol–water partition coefficient (Wildman–Crippen LogP) is 5.83. The first kappa shape index (κ1) is 17.7. The van der Waals surface area contributed by atoms with Gasteiger partial charge in [-0.15, -0.1) is 11.8 Å². The fraction of sp³-hybridized carbons (Fsp3) is 0.174. The lowest BCUT2D eigenvalue weighted by Crippen LogP contribution is -2.05. The second kappa shape index (κ2) is 7.89. The number of carbonyl (C=O) groups is 1. The number of Topliss-reactive ketones (excluding diaryl/α,β-unsaturated/α-hetero) is 1. The number of hydrogen-bond acceptors (Lipinski definition) is 4. The number of rotatable bonds is 6. The minimum absolute atomic E-state index is 0.00398. The largest absolute Gasteiger partial charge is 0.454 e. The SMILES string of the molecule is Cc1ccc(C(=O)C[C@@H](Sc2ccccc2)c2ccc3c(c2)OCO3)cc1. The number of carbonyl (C=O) groups excluding carboxylic acids is 1. The van der Waals surface area contributed by atoms with Gasteiger partial charge in [-0.05, 0) is 36.8 Å². The summed E-state index contributed by atoms with van der Waals surface area (Å²) < 4.78 is 10.9. The van der Waals surface area contributed by atoms with Crippen molar-refractivity contribution in [3.8, 4) is 11.5 Å². The average Bonchev–Trinajstić information content (AvgIpc) is 3.16. The van der Waals surface area contributed by atoms with Crippen LogP contribution < -0.4 is 9.47 Å². The van der Waals surface area contributed by atoms with E-state index >= 15 is 0 Å². The molecule has 3 aromatic carbocycles. The molecule has 0 N–H and O–H groups in total. The zero-order valence-corrected chi connectivity index (χ0v) is 15.9. The van der Waals surface area contributed by atoms with Crippen molar-refractivity contribution in [2.24, 2.45) is 0 Å². The van der Waals surface area contributed by atoms with E-state index in [1.807, 2.05) is 67.6 Å². The maximum atomic E-state index is 12.9. The van der Waals surface area contributed by atoms with E-state index in [1.54, 1.807) is 11.8 Å². The highest BCUT2D eigenvalue weighted by Gasteiger charge is 2.22. The van der Waals surface area contributed by atoms with Crippen LogP contribution >= 0.6 is 11.8 Å². The summed E-state index contributed by atoms with van der Waals surface area (Å²) >= 11 is 1.70. The van der Waals surface area contributed by atoms with Gasteiger partial charge in [-0.25, -0.2) is 0 Å². The Hall–Kier alpha value is -2.72. The molecule has 3 nitrogen and oxygen atoms in total. The lowest BCUT2D eigenvalue weighted by molar-refractivity contribution is 0.0982. The molecule has 136 valence electrons. The Labute approximate surface area is 163 Å². The van der Waals surface area contributed by atoms with Gasteiger partial charge in [-0.2, -0.15) is 0 Å². The van der Waals surface area contributed by atoms with E-state index in [-0.39, 0.29) is 17.8 Å². The van der Waals surface area contributed by atoms with Crippen molar-refractivity contribution in [2.45, 2.75) is 23.5 Å². The topological polar surface area (TPSA) is 35.5 Å². The number of thioether (sulfide) groups is 1. The summed E-state index contributed by atoms with van der Waals surface area (Å²) in [5, 5.41) is -0.00398. The highest BCUT2D eigenvalue weighted by atomic mass is 32.2. The summed E-state index contributed by atoms with van der Waals surface area (Å²) in [7, 11) is 0. The van der Waals surface area contributed by atoms with Gasteiger partial charge in [-0.1, -0.05) is 54.1 Å². The molecule has 0 aromatic heterocycles. The van der Waals surface area contributed by atoms with Crippen LogP contribution in [-0.4, -0.2) is 12.6 Å². The molecule has 27 heavy (non-hydrogen) atoms. The molecule has 1 heterocycles.